The summed E-state index contributed by atoms with van der Waals surface area (Å²) in [6.45, 7) is 0.404. The summed E-state index contributed by atoms with van der Waals surface area (Å²) in [5, 5.41) is 4.30. The molecule has 0 saturated carbocycles. The fraction of sp³-hybridized carbons (Fsp3) is 0.500. The summed E-state index contributed by atoms with van der Waals surface area (Å²) in [4.78, 5) is 39.9. The zero-order valence-electron chi connectivity index (χ0n) is 29.2. The lowest BCUT2D eigenvalue weighted by atomic mass is 10.2. The maximum absolute atomic E-state index is 14.6. The van der Waals surface area contributed by atoms with E-state index in [9.17, 15) is 57.6 Å². The van der Waals surface area contributed by atoms with Gasteiger partial charge in [0, 0.05) is 26.2 Å². The van der Waals surface area contributed by atoms with Crippen LogP contribution in [0.3, 0.4) is 0 Å². The maximum Gasteiger partial charge on any atom is 0.414 e. The number of thiocarbonyl (C=S) groups is 1. The molecular formula is C32H36F6N6O9S3. The Kier molecular flexibility index (Phi) is 13.4. The third-order valence-electron chi connectivity index (χ3n) is 9.01. The lowest BCUT2D eigenvalue weighted by Crippen LogP contribution is -2.40. The number of carbonyl (C=O) groups excluding carboxylic acids is 3. The smallest absolute Gasteiger partial charge is 0.414 e. The third kappa shape index (κ3) is 10.8. The number of nitrogens with one attached hydrogen (secondary N) is 2. The highest BCUT2D eigenvalue weighted by Gasteiger charge is 2.35. The van der Waals surface area contributed by atoms with E-state index in [1.807, 2.05) is 5.32 Å². The van der Waals surface area contributed by atoms with Gasteiger partial charge in [0.15, 0.2) is 19.7 Å². The SMILES string of the molecule is O=C(NC[C@H]1CN(c2ccc(N3CCS(=O)(=O)CC3)c(F)c2)C(=O)O1)C(F)F.O=C1O[C@@H](CNC(=S)C(F)F)CN1c1ccc(N2CCS(=O)(=O)CC2)c(F)c1. The highest BCUT2D eigenvalue weighted by Crippen LogP contribution is 2.30. The Morgan fingerprint density at radius 2 is 1.09 bits per heavy atom. The number of rotatable bonds is 10. The quantitative estimate of drug-likeness (QED) is 0.264. The zero-order valence-corrected chi connectivity index (χ0v) is 31.7. The Morgan fingerprint density at radius 3 is 1.45 bits per heavy atom. The first kappa shape index (κ1) is 42.6. The number of alkyl halides is 4. The number of sulfone groups is 2. The monoisotopic (exact) mass is 858 g/mol. The molecular weight excluding hydrogens is 823 g/mol. The molecule has 0 aliphatic carbocycles. The van der Waals surface area contributed by atoms with E-state index >= 15 is 0 Å². The lowest BCUT2D eigenvalue weighted by molar-refractivity contribution is -0.132. The molecule has 2 N–H and O–H groups in total. The van der Waals surface area contributed by atoms with Crippen LogP contribution in [-0.4, -0.2) is 140 Å². The van der Waals surface area contributed by atoms with Gasteiger partial charge in [0.25, 0.3) is 12.3 Å². The molecule has 4 fully saturated rings. The summed E-state index contributed by atoms with van der Waals surface area (Å²) in [5.41, 5.74) is 0.951. The minimum Gasteiger partial charge on any atom is -0.442 e. The average molecular weight is 859 g/mol. The van der Waals surface area contributed by atoms with Gasteiger partial charge in [-0.25, -0.2) is 44.0 Å². The summed E-state index contributed by atoms with van der Waals surface area (Å²) in [6, 6.07) is 8.24. The largest absolute Gasteiger partial charge is 0.442 e. The van der Waals surface area contributed by atoms with Crippen molar-refractivity contribution >= 4 is 77.7 Å². The van der Waals surface area contributed by atoms with Gasteiger partial charge in [-0.2, -0.15) is 8.78 Å². The summed E-state index contributed by atoms with van der Waals surface area (Å²) < 4.78 is 134. The van der Waals surface area contributed by atoms with E-state index in [1.165, 1.54) is 35.2 Å². The predicted molar refractivity (Wildman–Crippen MR) is 195 cm³/mol. The number of carbonyl (C=O) groups is 3. The van der Waals surface area contributed by atoms with Crippen LogP contribution in [0.5, 0.6) is 0 Å². The third-order valence-corrected chi connectivity index (χ3v) is 12.5. The zero-order chi connectivity index (χ0) is 40.9. The number of halogens is 6. The van der Waals surface area contributed by atoms with Gasteiger partial charge < -0.3 is 29.9 Å². The molecule has 2 aromatic carbocycles. The normalized spacial score (nSPS) is 21.7. The topological polar surface area (TPSA) is 175 Å². The number of ether oxygens (including phenoxy) is 2. The van der Waals surface area contributed by atoms with E-state index < -0.39 is 79.4 Å². The van der Waals surface area contributed by atoms with Gasteiger partial charge in [0.2, 0.25) is 0 Å². The second-order valence-electron chi connectivity index (χ2n) is 12.9. The number of benzene rings is 2. The maximum atomic E-state index is 14.6. The fourth-order valence-corrected chi connectivity index (χ4v) is 8.49. The van der Waals surface area contributed by atoms with Gasteiger partial charge >= 0.3 is 18.6 Å². The molecule has 0 radical (unpaired) electrons. The Labute approximate surface area is 322 Å². The van der Waals surface area contributed by atoms with Crippen LogP contribution in [-0.2, 0) is 33.9 Å². The van der Waals surface area contributed by atoms with Crippen LogP contribution in [0.25, 0.3) is 0 Å². The highest BCUT2D eigenvalue weighted by molar-refractivity contribution is 7.91. The van der Waals surface area contributed by atoms with Crippen molar-refractivity contribution in [2.75, 3.05) is 95.0 Å². The molecule has 4 saturated heterocycles. The summed E-state index contributed by atoms with van der Waals surface area (Å²) >= 11 is 4.47. The second kappa shape index (κ2) is 17.7. The van der Waals surface area contributed by atoms with E-state index in [4.69, 9.17) is 9.47 Å². The van der Waals surface area contributed by atoms with Crippen LogP contribution in [0.2, 0.25) is 0 Å². The molecule has 24 heteroatoms. The Hall–Kier alpha value is -4.58. The molecule has 6 rings (SSSR count). The van der Waals surface area contributed by atoms with Crippen LogP contribution in [0.4, 0.5) is 58.7 Å². The lowest BCUT2D eigenvalue weighted by Gasteiger charge is -2.29. The van der Waals surface area contributed by atoms with Crippen molar-refractivity contribution in [2.24, 2.45) is 0 Å². The average Bonchev–Trinajstić information content (AvgIpc) is 3.71. The molecule has 308 valence electrons. The molecule has 0 bridgehead atoms. The van der Waals surface area contributed by atoms with Gasteiger partial charge in [-0.1, -0.05) is 12.2 Å². The van der Waals surface area contributed by atoms with Crippen LogP contribution in [0.1, 0.15) is 0 Å². The van der Waals surface area contributed by atoms with Crippen molar-refractivity contribution < 1.29 is 67.0 Å². The summed E-state index contributed by atoms with van der Waals surface area (Å²) in [6.07, 6.45) is -9.02. The Morgan fingerprint density at radius 1 is 0.696 bits per heavy atom. The number of nitrogens with zero attached hydrogens (tertiary/aromatic N) is 4. The molecule has 4 aliphatic rings. The van der Waals surface area contributed by atoms with E-state index in [0.29, 0.717) is 0 Å². The van der Waals surface area contributed by atoms with Crippen LogP contribution < -0.4 is 30.2 Å². The minimum atomic E-state index is -3.17. The van der Waals surface area contributed by atoms with Gasteiger partial charge in [-0.15, -0.1) is 0 Å². The number of anilines is 4. The van der Waals surface area contributed by atoms with Gasteiger partial charge in [0.1, 0.15) is 28.8 Å². The standard InChI is InChI=1S/C16H18F3N3O5S.C16H18F3N3O4S2/c17-12-7-10(1-2-13(12)21-3-5-28(25,26)6-4-21)22-9-11(27-16(22)24)8-20-15(23)14(18)19;17-12-7-10(1-2-13(12)21-3-5-28(24,25)6-4-21)22-9-11(26-16(22)23)8-20-15(27)14(18)19/h1-2,7,11,14H,3-6,8-9H2,(H,20,23);1-2,7,11,14H,3-6,8-9H2,(H,20,27)/t2*11-/m00/s1. The first-order valence-corrected chi connectivity index (χ1v) is 21.0. The van der Waals surface area contributed by atoms with Crippen molar-refractivity contribution in [1.29, 1.82) is 0 Å². The molecule has 0 aromatic heterocycles. The highest BCUT2D eigenvalue weighted by atomic mass is 32.2. The first-order valence-electron chi connectivity index (χ1n) is 16.9. The van der Waals surface area contributed by atoms with Gasteiger partial charge in [-0.05, 0) is 36.4 Å². The molecule has 4 aliphatic heterocycles. The molecule has 0 unspecified atom stereocenters. The molecule has 3 amide bonds. The molecule has 2 atom stereocenters. The van der Waals surface area contributed by atoms with E-state index in [1.54, 1.807) is 9.80 Å². The van der Waals surface area contributed by atoms with E-state index in [-0.39, 0.29) is 98.1 Å². The van der Waals surface area contributed by atoms with Gasteiger partial charge in [0.05, 0.1) is 71.9 Å². The Balaban J connectivity index is 0.000000214. The first-order chi connectivity index (χ1) is 26.3. The molecule has 56 heavy (non-hydrogen) atoms. The second-order valence-corrected chi connectivity index (χ2v) is 17.9. The van der Waals surface area contributed by atoms with Gasteiger partial charge in [-0.3, -0.25) is 14.6 Å². The van der Waals surface area contributed by atoms with Crippen molar-refractivity contribution in [3.05, 3.63) is 48.0 Å². The molecule has 0 spiro atoms. The van der Waals surface area contributed by atoms with Crippen LogP contribution >= 0.6 is 12.2 Å². The van der Waals surface area contributed by atoms with Crippen molar-refractivity contribution in [2.45, 2.75) is 25.1 Å². The molecule has 2 aromatic rings. The molecule has 4 heterocycles. The summed E-state index contributed by atoms with van der Waals surface area (Å²) in [7, 11) is -6.18. The van der Waals surface area contributed by atoms with E-state index in [2.05, 4.69) is 17.5 Å². The summed E-state index contributed by atoms with van der Waals surface area (Å²) in [5.74, 6) is -2.88. The molecule has 15 nitrogen and oxygen atoms in total. The van der Waals surface area contributed by atoms with Crippen molar-refractivity contribution in [3.8, 4) is 0 Å². The van der Waals surface area contributed by atoms with Crippen molar-refractivity contribution in [1.82, 2.24) is 10.6 Å². The predicted octanol–water partition coefficient (Wildman–Crippen LogP) is 2.33. The number of cyclic esters (lactones) is 2. The number of amides is 3. The van der Waals surface area contributed by atoms with Crippen LogP contribution in [0.15, 0.2) is 36.4 Å². The van der Waals surface area contributed by atoms with E-state index in [0.717, 1.165) is 11.0 Å². The van der Waals surface area contributed by atoms with Crippen LogP contribution in [0, 0.1) is 11.6 Å². The Bertz CT molecular complexity index is 1880. The van der Waals surface area contributed by atoms with Crippen molar-refractivity contribution in [3.63, 3.8) is 0 Å². The number of hydrogen-bond donors (Lipinski definition) is 2. The number of hydrogen-bond acceptors (Lipinski definition) is 12. The minimum absolute atomic E-state index is 0.0386. The fourth-order valence-electron chi connectivity index (χ4n) is 6.01.